The van der Waals surface area contributed by atoms with Crippen LogP contribution in [0.25, 0.3) is 0 Å². The lowest BCUT2D eigenvalue weighted by Crippen LogP contribution is -2.52. The van der Waals surface area contributed by atoms with Crippen molar-refractivity contribution in [3.05, 3.63) is 0 Å². The third-order valence-electron chi connectivity index (χ3n) is 4.54. The number of hydrogen-bond donors (Lipinski definition) is 1. The van der Waals surface area contributed by atoms with E-state index in [1.807, 2.05) is 4.90 Å². The molecule has 0 radical (unpaired) electrons. The van der Waals surface area contributed by atoms with Crippen molar-refractivity contribution in [1.82, 2.24) is 4.90 Å². The van der Waals surface area contributed by atoms with Crippen LogP contribution in [0.2, 0.25) is 0 Å². The van der Waals surface area contributed by atoms with Gasteiger partial charge in [0.05, 0.1) is 10.4 Å². The van der Waals surface area contributed by atoms with E-state index in [9.17, 15) is 4.79 Å². The minimum atomic E-state index is -0.530. The Morgan fingerprint density at radius 2 is 1.95 bits per heavy atom. The van der Waals surface area contributed by atoms with Crippen LogP contribution in [0.1, 0.15) is 58.3 Å². The molecule has 4 heteroatoms. The van der Waals surface area contributed by atoms with Crippen molar-refractivity contribution in [2.75, 3.05) is 13.1 Å². The first-order valence-electron chi connectivity index (χ1n) is 7.69. The quantitative estimate of drug-likeness (QED) is 0.762. The molecule has 19 heavy (non-hydrogen) atoms. The molecule has 0 saturated heterocycles. The van der Waals surface area contributed by atoms with E-state index in [1.54, 1.807) is 0 Å². The number of thiocarbonyl (C=S) groups is 1. The molecule has 0 unspecified atom stereocenters. The monoisotopic (exact) mass is 282 g/mol. The molecule has 1 amide bonds. The summed E-state index contributed by atoms with van der Waals surface area (Å²) in [4.78, 5) is 15.4. The molecule has 0 aromatic rings. The van der Waals surface area contributed by atoms with Gasteiger partial charge in [0.25, 0.3) is 0 Å². The zero-order chi connectivity index (χ0) is 13.9. The zero-order valence-corrected chi connectivity index (χ0v) is 12.8. The fraction of sp³-hybridized carbons (Fsp3) is 0.867. The van der Waals surface area contributed by atoms with Crippen LogP contribution >= 0.6 is 12.2 Å². The number of hydrogen-bond acceptors (Lipinski definition) is 2. The average Bonchev–Trinajstić information content (AvgIpc) is 3.22. The van der Waals surface area contributed by atoms with E-state index < -0.39 is 5.41 Å². The van der Waals surface area contributed by atoms with Gasteiger partial charge in [-0.25, -0.2) is 0 Å². The topological polar surface area (TPSA) is 46.3 Å². The summed E-state index contributed by atoms with van der Waals surface area (Å²) in [5.74, 6) is 0.941. The summed E-state index contributed by atoms with van der Waals surface area (Å²) < 4.78 is 0. The normalized spacial score (nSPS) is 21.9. The SMILES string of the molecule is CCCN(CC1CC1)C(=O)C1(C(N)=S)CCCCC1. The van der Waals surface area contributed by atoms with Gasteiger partial charge in [-0.15, -0.1) is 0 Å². The van der Waals surface area contributed by atoms with Crippen LogP contribution in [0.15, 0.2) is 0 Å². The Morgan fingerprint density at radius 1 is 1.32 bits per heavy atom. The molecule has 0 spiro atoms. The van der Waals surface area contributed by atoms with Gasteiger partial charge in [-0.2, -0.15) is 0 Å². The van der Waals surface area contributed by atoms with Crippen molar-refractivity contribution in [2.45, 2.75) is 58.3 Å². The molecule has 0 heterocycles. The highest BCUT2D eigenvalue weighted by Crippen LogP contribution is 2.39. The molecule has 2 rings (SSSR count). The molecule has 2 saturated carbocycles. The molecule has 2 N–H and O–H groups in total. The average molecular weight is 282 g/mol. The van der Waals surface area contributed by atoms with E-state index in [-0.39, 0.29) is 5.91 Å². The Balaban J connectivity index is 2.13. The Bertz CT molecular complexity index is 346. The third kappa shape index (κ3) is 3.28. The maximum atomic E-state index is 13.0. The third-order valence-corrected chi connectivity index (χ3v) is 4.94. The number of amides is 1. The van der Waals surface area contributed by atoms with E-state index in [1.165, 1.54) is 19.3 Å². The number of carbonyl (C=O) groups excluding carboxylic acids is 1. The van der Waals surface area contributed by atoms with Crippen LogP contribution in [0.3, 0.4) is 0 Å². The Morgan fingerprint density at radius 3 is 2.42 bits per heavy atom. The standard InChI is InChI=1S/C15H26N2OS/c1-2-10-17(11-12-6-7-12)14(18)15(13(16)19)8-4-3-5-9-15/h12H,2-11H2,1H3,(H2,16,19). The summed E-state index contributed by atoms with van der Waals surface area (Å²) in [5.41, 5.74) is 5.44. The molecular weight excluding hydrogens is 256 g/mol. The van der Waals surface area contributed by atoms with Crippen molar-refractivity contribution in [2.24, 2.45) is 17.1 Å². The van der Waals surface area contributed by atoms with Gasteiger partial charge in [-0.3, -0.25) is 4.79 Å². The molecule has 108 valence electrons. The van der Waals surface area contributed by atoms with Crippen molar-refractivity contribution < 1.29 is 4.79 Å². The Labute approximate surface area is 121 Å². The number of carbonyl (C=O) groups is 1. The van der Waals surface area contributed by atoms with Gasteiger partial charge in [0.1, 0.15) is 0 Å². The van der Waals surface area contributed by atoms with Crippen LogP contribution in [-0.4, -0.2) is 28.9 Å². The second-order valence-electron chi connectivity index (χ2n) is 6.20. The van der Waals surface area contributed by atoms with Crippen LogP contribution in [0.5, 0.6) is 0 Å². The summed E-state index contributed by atoms with van der Waals surface area (Å²) in [5, 5.41) is 0. The first-order chi connectivity index (χ1) is 9.10. The molecule has 0 atom stereocenters. The zero-order valence-electron chi connectivity index (χ0n) is 12.0. The highest BCUT2D eigenvalue weighted by atomic mass is 32.1. The van der Waals surface area contributed by atoms with E-state index in [0.29, 0.717) is 4.99 Å². The molecule has 0 bridgehead atoms. The predicted molar refractivity (Wildman–Crippen MR) is 81.9 cm³/mol. The molecule has 2 fully saturated rings. The van der Waals surface area contributed by atoms with Gasteiger partial charge in [0.2, 0.25) is 5.91 Å². The molecule has 3 nitrogen and oxygen atoms in total. The Kier molecular flexibility index (Phi) is 4.82. The first kappa shape index (κ1) is 14.8. The van der Waals surface area contributed by atoms with Gasteiger partial charge in [-0.1, -0.05) is 38.4 Å². The summed E-state index contributed by atoms with van der Waals surface area (Å²) >= 11 is 5.27. The number of nitrogens with two attached hydrogens (primary N) is 1. The van der Waals surface area contributed by atoms with Crippen molar-refractivity contribution in [3.8, 4) is 0 Å². The minimum Gasteiger partial charge on any atom is -0.392 e. The maximum Gasteiger partial charge on any atom is 0.235 e. The van der Waals surface area contributed by atoms with E-state index in [0.717, 1.165) is 51.1 Å². The predicted octanol–water partition coefficient (Wildman–Crippen LogP) is 2.87. The Hall–Kier alpha value is -0.640. The van der Waals surface area contributed by atoms with Crippen LogP contribution in [0, 0.1) is 11.3 Å². The summed E-state index contributed by atoms with van der Waals surface area (Å²) in [6.45, 7) is 3.89. The lowest BCUT2D eigenvalue weighted by Gasteiger charge is -2.39. The lowest BCUT2D eigenvalue weighted by molar-refractivity contribution is -0.140. The van der Waals surface area contributed by atoms with Crippen molar-refractivity contribution in [3.63, 3.8) is 0 Å². The van der Waals surface area contributed by atoms with Crippen molar-refractivity contribution in [1.29, 1.82) is 0 Å². The van der Waals surface area contributed by atoms with E-state index >= 15 is 0 Å². The van der Waals surface area contributed by atoms with Crippen LogP contribution < -0.4 is 5.73 Å². The second kappa shape index (κ2) is 6.21. The maximum absolute atomic E-state index is 13.0. The highest BCUT2D eigenvalue weighted by molar-refractivity contribution is 7.80. The second-order valence-corrected chi connectivity index (χ2v) is 6.64. The largest absolute Gasteiger partial charge is 0.392 e. The van der Waals surface area contributed by atoms with E-state index in [2.05, 4.69) is 6.92 Å². The molecule has 0 aliphatic heterocycles. The number of rotatable bonds is 6. The van der Waals surface area contributed by atoms with Gasteiger partial charge < -0.3 is 10.6 Å². The molecule has 0 aromatic carbocycles. The highest BCUT2D eigenvalue weighted by Gasteiger charge is 2.45. The summed E-state index contributed by atoms with van der Waals surface area (Å²) in [6, 6.07) is 0. The first-order valence-corrected chi connectivity index (χ1v) is 8.10. The molecule has 0 aromatic heterocycles. The molecule has 2 aliphatic rings. The lowest BCUT2D eigenvalue weighted by atomic mass is 9.72. The summed E-state index contributed by atoms with van der Waals surface area (Å²) in [6.07, 6.45) is 8.61. The molecule has 2 aliphatic carbocycles. The smallest absolute Gasteiger partial charge is 0.235 e. The summed E-state index contributed by atoms with van der Waals surface area (Å²) in [7, 11) is 0. The van der Waals surface area contributed by atoms with Gasteiger partial charge in [0.15, 0.2) is 0 Å². The molecular formula is C15H26N2OS. The van der Waals surface area contributed by atoms with Gasteiger partial charge in [0, 0.05) is 13.1 Å². The van der Waals surface area contributed by atoms with Crippen molar-refractivity contribution >= 4 is 23.1 Å². The van der Waals surface area contributed by atoms with Crippen LogP contribution in [-0.2, 0) is 4.79 Å². The van der Waals surface area contributed by atoms with Gasteiger partial charge >= 0.3 is 0 Å². The number of nitrogens with zero attached hydrogens (tertiary/aromatic N) is 1. The van der Waals surface area contributed by atoms with E-state index in [4.69, 9.17) is 18.0 Å². The minimum absolute atomic E-state index is 0.216. The van der Waals surface area contributed by atoms with Gasteiger partial charge in [-0.05, 0) is 38.0 Å². The fourth-order valence-corrected chi connectivity index (χ4v) is 3.47. The fourth-order valence-electron chi connectivity index (χ4n) is 3.18. The van der Waals surface area contributed by atoms with Crippen LogP contribution in [0.4, 0.5) is 0 Å².